The van der Waals surface area contributed by atoms with Gasteiger partial charge in [0.25, 0.3) is 0 Å². The van der Waals surface area contributed by atoms with E-state index in [2.05, 4.69) is 88.0 Å². The van der Waals surface area contributed by atoms with E-state index in [-0.39, 0.29) is 30.1 Å². The van der Waals surface area contributed by atoms with Gasteiger partial charge >= 0.3 is 6.03 Å². The molecule has 3 aliphatic heterocycles. The predicted octanol–water partition coefficient (Wildman–Crippen LogP) is 6.59. The maximum absolute atomic E-state index is 13.2. The summed E-state index contributed by atoms with van der Waals surface area (Å²) in [5, 5.41) is 17.0. The highest BCUT2D eigenvalue weighted by Gasteiger charge is 2.42. The number of carbonyl (C=O) groups excluding carboxylic acids is 2. The molecule has 0 radical (unpaired) electrons. The Balaban J connectivity index is 1.02. The van der Waals surface area contributed by atoms with Gasteiger partial charge in [-0.2, -0.15) is 11.8 Å². The van der Waals surface area contributed by atoms with Crippen molar-refractivity contribution in [1.29, 1.82) is 5.41 Å². The Morgan fingerprint density at radius 2 is 1.56 bits per heavy atom. The number of piperidine rings is 1. The molecule has 2 aromatic heterocycles. The van der Waals surface area contributed by atoms with Crippen molar-refractivity contribution in [2.75, 3.05) is 18.8 Å². The summed E-state index contributed by atoms with van der Waals surface area (Å²) in [5.41, 5.74) is 6.68. The standard InChI is InChI=1S/C40H43N7O2S/c41-38-35-34(28-14-6-2-7-15-28)37(29-16-8-3-9-17-29)46(24-27-12-4-1-5-13-27)39(35)42-26-47(38)30-20-22-45(23-21-30)33(48)19-11-10-18-32-36-31(25-50-32)43-40(49)44-36/h1-9,12-17,26,30-32,36,41H,10-11,18-25H2,(H2,43,44,49)/t31-,32-,36-/m0/s1. The molecule has 5 aromatic rings. The third-order valence-corrected chi connectivity index (χ3v) is 12.1. The number of rotatable bonds is 10. The molecule has 256 valence electrons. The number of carbonyl (C=O) groups is 2. The van der Waals surface area contributed by atoms with Gasteiger partial charge in [0.05, 0.1) is 29.5 Å². The lowest BCUT2D eigenvalue weighted by Crippen LogP contribution is -2.41. The first kappa shape index (κ1) is 32.4. The van der Waals surface area contributed by atoms with E-state index in [9.17, 15) is 15.0 Å². The molecule has 5 heterocycles. The number of hydrogen-bond donors (Lipinski definition) is 3. The molecule has 3 aromatic carbocycles. The largest absolute Gasteiger partial charge is 0.343 e. The van der Waals surface area contributed by atoms with Crippen LogP contribution in [-0.4, -0.2) is 67.1 Å². The van der Waals surface area contributed by atoms with Crippen LogP contribution in [-0.2, 0) is 11.3 Å². The lowest BCUT2D eigenvalue weighted by Gasteiger charge is -2.33. The Morgan fingerprint density at radius 3 is 2.28 bits per heavy atom. The Morgan fingerprint density at radius 1 is 0.880 bits per heavy atom. The maximum Gasteiger partial charge on any atom is 0.315 e. The summed E-state index contributed by atoms with van der Waals surface area (Å²) in [4.78, 5) is 32.0. The molecular weight excluding hydrogens is 643 g/mol. The van der Waals surface area contributed by atoms with Crippen LogP contribution in [0.1, 0.15) is 50.1 Å². The first-order valence-corrected chi connectivity index (χ1v) is 18.9. The Hall–Kier alpha value is -4.83. The highest BCUT2D eigenvalue weighted by atomic mass is 32.2. The summed E-state index contributed by atoms with van der Waals surface area (Å²) in [5.74, 6) is 1.18. The number of unbranched alkanes of at least 4 members (excludes halogenated alkanes) is 1. The number of aromatic nitrogens is 3. The van der Waals surface area contributed by atoms with E-state index in [0.29, 0.717) is 36.8 Å². The fraction of sp³-hybridized carbons (Fsp3) is 0.350. The number of amides is 3. The summed E-state index contributed by atoms with van der Waals surface area (Å²) in [6.07, 6.45) is 6.87. The van der Waals surface area contributed by atoms with Crippen LogP contribution in [0, 0.1) is 5.41 Å². The molecule has 3 N–H and O–H groups in total. The van der Waals surface area contributed by atoms with Crippen molar-refractivity contribution < 1.29 is 9.59 Å². The van der Waals surface area contributed by atoms with Crippen molar-refractivity contribution in [1.82, 2.24) is 29.7 Å². The summed E-state index contributed by atoms with van der Waals surface area (Å²) in [7, 11) is 0. The SMILES string of the molecule is N=c1c2c(-c3ccccc3)c(-c3ccccc3)n(Cc3ccccc3)c2ncn1C1CCN(C(=O)CCCC[C@@H]2SC[C@@H]3NC(=O)N[C@@H]32)CC1. The molecule has 0 spiro atoms. The molecule has 3 atom stereocenters. The second-order valence-electron chi connectivity index (χ2n) is 13.7. The minimum absolute atomic E-state index is 0.0506. The van der Waals surface area contributed by atoms with Crippen LogP contribution in [0.2, 0.25) is 0 Å². The molecule has 50 heavy (non-hydrogen) atoms. The average molecular weight is 686 g/mol. The summed E-state index contributed by atoms with van der Waals surface area (Å²) in [6.45, 7) is 2.01. The van der Waals surface area contributed by atoms with Crippen LogP contribution in [0.3, 0.4) is 0 Å². The molecule has 3 amide bonds. The quantitative estimate of drug-likeness (QED) is 0.114. The van der Waals surface area contributed by atoms with Crippen molar-refractivity contribution in [3.8, 4) is 22.4 Å². The van der Waals surface area contributed by atoms with Crippen LogP contribution in [0.5, 0.6) is 0 Å². The first-order chi connectivity index (χ1) is 24.5. The van der Waals surface area contributed by atoms with E-state index in [1.165, 1.54) is 5.56 Å². The van der Waals surface area contributed by atoms with Crippen LogP contribution < -0.4 is 16.1 Å². The normalized spacial score (nSPS) is 20.5. The van der Waals surface area contributed by atoms with Crippen LogP contribution in [0.4, 0.5) is 4.79 Å². The number of likely N-dealkylation sites (tertiary alicyclic amines) is 1. The van der Waals surface area contributed by atoms with Crippen molar-refractivity contribution in [2.45, 2.75) is 68.4 Å². The highest BCUT2D eigenvalue weighted by Crippen LogP contribution is 2.40. The summed E-state index contributed by atoms with van der Waals surface area (Å²) < 4.78 is 4.32. The zero-order valence-electron chi connectivity index (χ0n) is 28.1. The number of urea groups is 1. The third kappa shape index (κ3) is 6.33. The number of nitrogens with zero attached hydrogens (tertiary/aromatic N) is 4. The smallest absolute Gasteiger partial charge is 0.315 e. The van der Waals surface area contributed by atoms with Gasteiger partial charge in [0.1, 0.15) is 11.1 Å². The Labute approximate surface area is 296 Å². The molecule has 10 heteroatoms. The van der Waals surface area contributed by atoms with Gasteiger partial charge in [-0.1, -0.05) is 97.4 Å². The first-order valence-electron chi connectivity index (χ1n) is 17.8. The van der Waals surface area contributed by atoms with Crippen molar-refractivity contribution in [3.05, 3.63) is 108 Å². The second-order valence-corrected chi connectivity index (χ2v) is 15.0. The lowest BCUT2D eigenvalue weighted by atomic mass is 9.98. The zero-order chi connectivity index (χ0) is 34.0. The van der Waals surface area contributed by atoms with E-state index in [0.717, 1.165) is 71.3 Å². The van der Waals surface area contributed by atoms with E-state index in [1.54, 1.807) is 0 Å². The molecule has 0 aliphatic carbocycles. The van der Waals surface area contributed by atoms with Crippen molar-refractivity contribution in [2.24, 2.45) is 0 Å². The maximum atomic E-state index is 13.2. The van der Waals surface area contributed by atoms with E-state index >= 15 is 0 Å². The van der Waals surface area contributed by atoms with Crippen LogP contribution >= 0.6 is 11.8 Å². The molecule has 3 saturated heterocycles. The fourth-order valence-corrected chi connectivity index (χ4v) is 9.61. The van der Waals surface area contributed by atoms with Gasteiger partial charge in [-0.25, -0.2) is 9.78 Å². The summed E-state index contributed by atoms with van der Waals surface area (Å²) >= 11 is 1.93. The highest BCUT2D eigenvalue weighted by molar-refractivity contribution is 8.00. The topological polar surface area (TPSA) is 108 Å². The molecule has 3 fully saturated rings. The van der Waals surface area contributed by atoms with Gasteiger partial charge in [0.15, 0.2) is 0 Å². The molecule has 0 bridgehead atoms. The lowest BCUT2D eigenvalue weighted by molar-refractivity contribution is -0.132. The van der Waals surface area contributed by atoms with Crippen molar-refractivity contribution in [3.63, 3.8) is 0 Å². The number of nitrogens with one attached hydrogen (secondary N) is 3. The van der Waals surface area contributed by atoms with Crippen LogP contribution in [0.15, 0.2) is 97.3 Å². The fourth-order valence-electron chi connectivity index (χ4n) is 8.06. The minimum Gasteiger partial charge on any atom is -0.343 e. The number of hydrogen-bond acceptors (Lipinski definition) is 5. The predicted molar refractivity (Wildman–Crippen MR) is 199 cm³/mol. The minimum atomic E-state index is -0.0506. The summed E-state index contributed by atoms with van der Waals surface area (Å²) in [6, 6.07) is 31.8. The second kappa shape index (κ2) is 14.2. The molecule has 8 rings (SSSR count). The van der Waals surface area contributed by atoms with Gasteiger partial charge in [-0.3, -0.25) is 10.2 Å². The van der Waals surface area contributed by atoms with Gasteiger partial charge in [0, 0.05) is 48.7 Å². The zero-order valence-corrected chi connectivity index (χ0v) is 28.9. The number of benzene rings is 3. The van der Waals surface area contributed by atoms with Gasteiger partial charge < -0.3 is 24.7 Å². The molecular formula is C40H43N7O2S. The van der Waals surface area contributed by atoms with Gasteiger partial charge in [-0.15, -0.1) is 0 Å². The van der Waals surface area contributed by atoms with Crippen LogP contribution in [0.25, 0.3) is 33.4 Å². The monoisotopic (exact) mass is 685 g/mol. The van der Waals surface area contributed by atoms with Gasteiger partial charge in [0.2, 0.25) is 5.91 Å². The number of thioether (sulfide) groups is 1. The average Bonchev–Trinajstić information content (AvgIpc) is 3.82. The van der Waals surface area contributed by atoms with Gasteiger partial charge in [-0.05, 0) is 42.4 Å². The van der Waals surface area contributed by atoms with E-state index in [4.69, 9.17) is 4.98 Å². The van der Waals surface area contributed by atoms with Crippen molar-refractivity contribution >= 4 is 34.7 Å². The third-order valence-electron chi connectivity index (χ3n) is 10.6. The Kier molecular flexibility index (Phi) is 9.19. The molecule has 9 nitrogen and oxygen atoms in total. The number of fused-ring (bicyclic) bond motifs is 2. The Bertz CT molecular complexity index is 2040. The molecule has 0 saturated carbocycles. The van der Waals surface area contributed by atoms with E-state index < -0.39 is 0 Å². The van der Waals surface area contributed by atoms with E-state index in [1.807, 2.05) is 45.8 Å². The molecule has 3 aliphatic rings. The molecule has 0 unspecified atom stereocenters.